The number of pyridine rings is 1. The third kappa shape index (κ3) is 2.47. The van der Waals surface area contributed by atoms with E-state index in [2.05, 4.69) is 10.2 Å². The summed E-state index contributed by atoms with van der Waals surface area (Å²) in [5, 5.41) is 20.4. The van der Waals surface area contributed by atoms with Crippen LogP contribution in [0.5, 0.6) is 5.75 Å². The van der Waals surface area contributed by atoms with Crippen molar-refractivity contribution in [2.75, 3.05) is 5.23 Å². The fourth-order valence-corrected chi connectivity index (χ4v) is 0.685. The van der Waals surface area contributed by atoms with Gasteiger partial charge in [0.2, 0.25) is 0 Å². The number of hydrogen-bond acceptors (Lipinski definition) is 4. The molecule has 1 aromatic heterocycles. The van der Waals surface area contributed by atoms with Gasteiger partial charge in [0.25, 0.3) is 0 Å². The minimum Gasteiger partial charge on any atom is -0.506 e. The molecule has 0 unspecified atom stereocenters. The van der Waals surface area contributed by atoms with Crippen LogP contribution in [0.25, 0.3) is 0 Å². The molecule has 0 aliphatic carbocycles. The van der Waals surface area contributed by atoms with Crippen molar-refractivity contribution in [1.29, 1.82) is 0 Å². The van der Waals surface area contributed by atoms with Gasteiger partial charge in [-0.1, -0.05) is 0 Å². The van der Waals surface area contributed by atoms with Crippen LogP contribution >= 0.6 is 0 Å². The lowest BCUT2D eigenvalue weighted by Crippen LogP contribution is -2.19. The van der Waals surface area contributed by atoms with E-state index in [1.807, 2.05) is 0 Å². The van der Waals surface area contributed by atoms with Gasteiger partial charge >= 0.3 is 7.05 Å². The zero-order valence-electron chi connectivity index (χ0n) is 6.15. The van der Waals surface area contributed by atoms with Crippen molar-refractivity contribution in [2.24, 2.45) is 0 Å². The van der Waals surface area contributed by atoms with Gasteiger partial charge < -0.3 is 15.4 Å². The number of aromatic nitrogens is 1. The molecule has 11 heavy (non-hydrogen) atoms. The van der Waals surface area contributed by atoms with Crippen LogP contribution < -0.4 is 5.23 Å². The Balaban J connectivity index is 2.66. The van der Waals surface area contributed by atoms with Gasteiger partial charge in [-0.15, -0.1) is 0 Å². The van der Waals surface area contributed by atoms with Crippen LogP contribution in [0.15, 0.2) is 18.3 Å². The second-order valence-electron chi connectivity index (χ2n) is 2.22. The summed E-state index contributed by atoms with van der Waals surface area (Å²) in [4.78, 5) is 3.80. The Kier molecular flexibility index (Phi) is 2.33. The Labute approximate surface area is 65.0 Å². The second kappa shape index (κ2) is 3.25. The number of hydrogen-bond donors (Lipinski definition) is 3. The van der Waals surface area contributed by atoms with Crippen LogP contribution in [-0.4, -0.2) is 22.2 Å². The van der Waals surface area contributed by atoms with E-state index in [-0.39, 0.29) is 5.75 Å². The first-order valence-corrected chi connectivity index (χ1v) is 3.28. The number of aromatic hydroxyl groups is 1. The molecule has 1 aromatic rings. The summed E-state index contributed by atoms with van der Waals surface area (Å²) < 4.78 is 0. The van der Waals surface area contributed by atoms with Crippen LogP contribution in [-0.2, 0) is 0 Å². The molecule has 0 fully saturated rings. The molecular weight excluding hydrogens is 143 g/mol. The lowest BCUT2D eigenvalue weighted by molar-refractivity contribution is 0.473. The molecule has 0 saturated heterocycles. The molecule has 4 nitrogen and oxygen atoms in total. The first-order chi connectivity index (χ1) is 5.18. The van der Waals surface area contributed by atoms with E-state index in [1.54, 1.807) is 12.9 Å². The van der Waals surface area contributed by atoms with Gasteiger partial charge in [0, 0.05) is 0 Å². The average Bonchev–Trinajstić information content (AvgIpc) is 1.93. The normalized spacial score (nSPS) is 9.27. The van der Waals surface area contributed by atoms with E-state index in [4.69, 9.17) is 10.1 Å². The first-order valence-electron chi connectivity index (χ1n) is 3.28. The summed E-state index contributed by atoms with van der Waals surface area (Å²) in [5.74, 6) is 0.652. The minimum absolute atomic E-state index is 0.112. The predicted octanol–water partition coefficient (Wildman–Crippen LogP) is 0.309. The van der Waals surface area contributed by atoms with Crippen LogP contribution in [0.2, 0.25) is 6.82 Å². The topological polar surface area (TPSA) is 65.4 Å². The standard InChI is InChI=1S/C6H9BN2O2/c1-7(11)9-6-3-2-5(10)4-8-6/h2-4,10-11H,1H3,(H,8,9). The Morgan fingerprint density at radius 3 is 2.73 bits per heavy atom. The molecule has 1 heterocycles. The maximum Gasteiger partial charge on any atom is 0.408 e. The molecule has 0 bridgehead atoms. The maximum absolute atomic E-state index is 8.86. The molecule has 0 spiro atoms. The van der Waals surface area contributed by atoms with Crippen LogP contribution in [0.3, 0.4) is 0 Å². The summed E-state index contributed by atoms with van der Waals surface area (Å²) in [6.45, 7) is 1.59. The third-order valence-corrected chi connectivity index (χ3v) is 1.10. The molecule has 0 saturated carbocycles. The smallest absolute Gasteiger partial charge is 0.408 e. The Hall–Kier alpha value is -1.23. The van der Waals surface area contributed by atoms with Crippen molar-refractivity contribution in [3.05, 3.63) is 18.3 Å². The molecule has 0 aliphatic rings. The Morgan fingerprint density at radius 2 is 2.27 bits per heavy atom. The maximum atomic E-state index is 8.86. The summed E-state index contributed by atoms with van der Waals surface area (Å²) in [7, 11) is -0.632. The highest BCUT2D eigenvalue weighted by Crippen LogP contribution is 2.09. The van der Waals surface area contributed by atoms with Crippen LogP contribution in [0, 0.1) is 0 Å². The summed E-state index contributed by atoms with van der Waals surface area (Å²) in [6, 6.07) is 3.08. The molecule has 58 valence electrons. The second-order valence-corrected chi connectivity index (χ2v) is 2.22. The molecule has 0 amide bonds. The zero-order chi connectivity index (χ0) is 8.27. The van der Waals surface area contributed by atoms with Gasteiger partial charge in [-0.05, 0) is 19.0 Å². The van der Waals surface area contributed by atoms with Gasteiger partial charge in [-0.2, -0.15) is 0 Å². The number of nitrogens with zero attached hydrogens (tertiary/aromatic N) is 1. The van der Waals surface area contributed by atoms with E-state index < -0.39 is 7.05 Å². The van der Waals surface area contributed by atoms with Crippen molar-refractivity contribution >= 4 is 12.9 Å². The lowest BCUT2D eigenvalue weighted by atomic mass is 9.89. The van der Waals surface area contributed by atoms with Crippen molar-refractivity contribution in [3.8, 4) is 5.75 Å². The molecule has 0 atom stereocenters. The third-order valence-electron chi connectivity index (χ3n) is 1.10. The Morgan fingerprint density at radius 1 is 1.55 bits per heavy atom. The van der Waals surface area contributed by atoms with Gasteiger partial charge in [0.1, 0.15) is 11.6 Å². The van der Waals surface area contributed by atoms with Gasteiger partial charge in [0.15, 0.2) is 0 Å². The van der Waals surface area contributed by atoms with Crippen molar-refractivity contribution in [1.82, 2.24) is 4.98 Å². The van der Waals surface area contributed by atoms with Crippen molar-refractivity contribution < 1.29 is 10.1 Å². The highest BCUT2D eigenvalue weighted by atomic mass is 16.3. The van der Waals surface area contributed by atoms with Gasteiger partial charge in [-0.25, -0.2) is 4.98 Å². The fourth-order valence-electron chi connectivity index (χ4n) is 0.685. The highest BCUT2D eigenvalue weighted by Gasteiger charge is 2.02. The molecule has 5 heteroatoms. The van der Waals surface area contributed by atoms with Gasteiger partial charge in [-0.3, -0.25) is 0 Å². The molecular formula is C6H9BN2O2. The minimum atomic E-state index is -0.632. The summed E-state index contributed by atoms with van der Waals surface area (Å²) in [5.41, 5.74) is 0. The average molecular weight is 152 g/mol. The van der Waals surface area contributed by atoms with Crippen molar-refractivity contribution in [3.63, 3.8) is 0 Å². The SMILES string of the molecule is CB(O)Nc1ccc(O)cn1. The molecule has 0 aliphatic heterocycles. The van der Waals surface area contributed by atoms with E-state index >= 15 is 0 Å². The summed E-state index contributed by atoms with van der Waals surface area (Å²) >= 11 is 0. The van der Waals surface area contributed by atoms with E-state index in [0.29, 0.717) is 5.82 Å². The molecule has 0 aromatic carbocycles. The van der Waals surface area contributed by atoms with Crippen LogP contribution in [0.1, 0.15) is 0 Å². The molecule has 3 N–H and O–H groups in total. The summed E-state index contributed by atoms with van der Waals surface area (Å²) in [6.07, 6.45) is 1.31. The molecule has 0 radical (unpaired) electrons. The van der Waals surface area contributed by atoms with Crippen LogP contribution in [0.4, 0.5) is 5.82 Å². The number of rotatable bonds is 2. The lowest BCUT2D eigenvalue weighted by Gasteiger charge is -2.03. The zero-order valence-corrected chi connectivity index (χ0v) is 6.15. The predicted molar refractivity (Wildman–Crippen MR) is 43.4 cm³/mol. The quantitative estimate of drug-likeness (QED) is 0.533. The number of nitrogens with one attached hydrogen (secondary N) is 1. The Bertz CT molecular complexity index is 225. The fraction of sp³-hybridized carbons (Fsp3) is 0.167. The molecule has 1 rings (SSSR count). The van der Waals surface area contributed by atoms with E-state index in [0.717, 1.165) is 0 Å². The van der Waals surface area contributed by atoms with E-state index in [9.17, 15) is 0 Å². The monoisotopic (exact) mass is 152 g/mol. The van der Waals surface area contributed by atoms with E-state index in [1.165, 1.54) is 12.3 Å². The largest absolute Gasteiger partial charge is 0.506 e. The first kappa shape index (κ1) is 7.88. The van der Waals surface area contributed by atoms with Crippen molar-refractivity contribution in [2.45, 2.75) is 6.82 Å². The highest BCUT2D eigenvalue weighted by molar-refractivity contribution is 6.52. The number of anilines is 1. The van der Waals surface area contributed by atoms with Gasteiger partial charge in [0.05, 0.1) is 6.20 Å².